The first kappa shape index (κ1) is 23.3. The van der Waals surface area contributed by atoms with Crippen LogP contribution in [-0.4, -0.2) is 53.1 Å². The lowest BCUT2D eigenvalue weighted by molar-refractivity contribution is -0.385. The highest BCUT2D eigenvalue weighted by Crippen LogP contribution is 2.37. The molecule has 1 heterocycles. The van der Waals surface area contributed by atoms with Gasteiger partial charge in [0, 0.05) is 43.2 Å². The number of benzene rings is 2. The molecule has 2 aromatic rings. The first-order valence-electron chi connectivity index (χ1n) is 9.25. The number of alkyl halides is 3. The molecule has 1 saturated heterocycles. The minimum atomic E-state index is -4.71. The summed E-state index contributed by atoms with van der Waals surface area (Å²) in [5.41, 5.74) is -2.17. The Hall–Kier alpha value is -3.35. The highest BCUT2D eigenvalue weighted by atomic mass is 32.2. The normalized spacial score (nSPS) is 14.4. The first-order chi connectivity index (χ1) is 15.0. The minimum Gasteiger partial charge on any atom is -0.362 e. The van der Waals surface area contributed by atoms with E-state index in [1.165, 1.54) is 33.7 Å². The van der Waals surface area contributed by atoms with Crippen LogP contribution >= 0.6 is 11.8 Å². The molecule has 0 aliphatic carbocycles. The molecule has 1 amide bonds. The van der Waals surface area contributed by atoms with Crippen molar-refractivity contribution in [3.63, 3.8) is 0 Å². The van der Waals surface area contributed by atoms with Gasteiger partial charge in [-0.3, -0.25) is 25.0 Å². The van der Waals surface area contributed by atoms with E-state index in [2.05, 4.69) is 0 Å². The molecular weight excluding hydrogens is 453 g/mol. The zero-order valence-electron chi connectivity index (χ0n) is 16.7. The van der Waals surface area contributed by atoms with Gasteiger partial charge in [-0.15, -0.1) is 11.8 Å². The van der Waals surface area contributed by atoms with Gasteiger partial charge in [0.15, 0.2) is 0 Å². The molecule has 0 atom stereocenters. The van der Waals surface area contributed by atoms with Gasteiger partial charge in [0.2, 0.25) is 0 Å². The van der Waals surface area contributed by atoms with Gasteiger partial charge in [-0.25, -0.2) is 0 Å². The Morgan fingerprint density at radius 3 is 2.12 bits per heavy atom. The van der Waals surface area contributed by atoms with E-state index in [-0.39, 0.29) is 43.1 Å². The summed E-state index contributed by atoms with van der Waals surface area (Å²) >= 11 is 1.33. The SMILES string of the molecule is CSc1ccc([N+](=O)[O-])c(C(=O)N2CCN(c3ccc(C(F)(F)F)cc3[N+](=O)[O-])CC2)c1. The smallest absolute Gasteiger partial charge is 0.362 e. The summed E-state index contributed by atoms with van der Waals surface area (Å²) in [6, 6.07) is 6.56. The average Bonchev–Trinajstić information content (AvgIpc) is 2.77. The second-order valence-electron chi connectivity index (χ2n) is 6.88. The van der Waals surface area contributed by atoms with Crippen LogP contribution in [-0.2, 0) is 6.18 Å². The van der Waals surface area contributed by atoms with Gasteiger partial charge in [0.25, 0.3) is 17.3 Å². The highest BCUT2D eigenvalue weighted by Gasteiger charge is 2.35. The quantitative estimate of drug-likeness (QED) is 0.366. The molecule has 1 aliphatic heterocycles. The van der Waals surface area contributed by atoms with Gasteiger partial charge in [-0.1, -0.05) is 0 Å². The summed E-state index contributed by atoms with van der Waals surface area (Å²) in [6.07, 6.45) is -2.94. The highest BCUT2D eigenvalue weighted by molar-refractivity contribution is 7.98. The Morgan fingerprint density at radius 1 is 0.969 bits per heavy atom. The van der Waals surface area contributed by atoms with Gasteiger partial charge in [-0.05, 0) is 30.5 Å². The molecule has 9 nitrogen and oxygen atoms in total. The number of nitro groups is 2. The first-order valence-corrected chi connectivity index (χ1v) is 10.5. The van der Waals surface area contributed by atoms with Crippen LogP contribution in [0.4, 0.5) is 30.2 Å². The Balaban J connectivity index is 1.81. The van der Waals surface area contributed by atoms with Crippen molar-refractivity contribution >= 4 is 34.7 Å². The molecule has 2 aromatic carbocycles. The number of amides is 1. The maximum absolute atomic E-state index is 12.9. The topological polar surface area (TPSA) is 110 Å². The van der Waals surface area contributed by atoms with E-state index < -0.39 is 33.2 Å². The molecule has 0 unspecified atom stereocenters. The summed E-state index contributed by atoms with van der Waals surface area (Å²) in [6.45, 7) is 0.428. The Kier molecular flexibility index (Phi) is 6.57. The van der Waals surface area contributed by atoms with Crippen LogP contribution in [0, 0.1) is 20.2 Å². The summed E-state index contributed by atoms with van der Waals surface area (Å²) in [7, 11) is 0. The molecule has 170 valence electrons. The van der Waals surface area contributed by atoms with E-state index in [0.29, 0.717) is 11.0 Å². The molecule has 32 heavy (non-hydrogen) atoms. The average molecular weight is 470 g/mol. The van der Waals surface area contributed by atoms with Crippen LogP contribution in [0.15, 0.2) is 41.3 Å². The van der Waals surface area contributed by atoms with Crippen LogP contribution in [0.25, 0.3) is 0 Å². The van der Waals surface area contributed by atoms with Crippen LogP contribution in [0.3, 0.4) is 0 Å². The van der Waals surface area contributed by atoms with Crippen LogP contribution in [0.1, 0.15) is 15.9 Å². The van der Waals surface area contributed by atoms with E-state index in [4.69, 9.17) is 0 Å². The maximum atomic E-state index is 12.9. The van der Waals surface area contributed by atoms with E-state index >= 15 is 0 Å². The monoisotopic (exact) mass is 470 g/mol. The Morgan fingerprint density at radius 2 is 1.59 bits per heavy atom. The number of rotatable bonds is 5. The van der Waals surface area contributed by atoms with Gasteiger partial charge < -0.3 is 9.80 Å². The van der Waals surface area contributed by atoms with Crippen molar-refractivity contribution in [3.05, 3.63) is 67.8 Å². The predicted molar refractivity (Wildman–Crippen MR) is 111 cm³/mol. The van der Waals surface area contributed by atoms with Crippen LogP contribution in [0.2, 0.25) is 0 Å². The lowest BCUT2D eigenvalue weighted by Gasteiger charge is -2.35. The minimum absolute atomic E-state index is 0.0189. The van der Waals surface area contributed by atoms with Crippen LogP contribution < -0.4 is 4.90 Å². The molecule has 0 aromatic heterocycles. The molecule has 1 fully saturated rings. The van der Waals surface area contributed by atoms with Crippen molar-refractivity contribution in [2.24, 2.45) is 0 Å². The standard InChI is InChI=1S/C19H17F3N4O5S/c1-32-13-3-5-15(25(28)29)14(11-13)18(27)24-8-6-23(7-9-24)16-4-2-12(19(20,21)22)10-17(16)26(30)31/h2-5,10-11H,6-9H2,1H3. The van der Waals surface area contributed by atoms with E-state index in [1.807, 2.05) is 0 Å². The third-order valence-corrected chi connectivity index (χ3v) is 5.76. The van der Waals surface area contributed by atoms with Gasteiger partial charge in [-0.2, -0.15) is 13.2 Å². The zero-order valence-corrected chi connectivity index (χ0v) is 17.5. The lowest BCUT2D eigenvalue weighted by Crippen LogP contribution is -2.49. The summed E-state index contributed by atoms with van der Waals surface area (Å²) < 4.78 is 38.8. The molecular formula is C19H17F3N4O5S. The number of carbonyl (C=O) groups excluding carboxylic acids is 1. The molecule has 0 radical (unpaired) electrons. The fourth-order valence-electron chi connectivity index (χ4n) is 3.41. The van der Waals surface area contributed by atoms with Crippen molar-refractivity contribution in [1.82, 2.24) is 4.90 Å². The fraction of sp³-hybridized carbons (Fsp3) is 0.316. The molecule has 3 rings (SSSR count). The number of hydrogen-bond donors (Lipinski definition) is 0. The van der Waals surface area contributed by atoms with E-state index in [0.717, 1.165) is 12.1 Å². The molecule has 0 saturated carbocycles. The largest absolute Gasteiger partial charge is 0.416 e. The number of anilines is 1. The van der Waals surface area contributed by atoms with Crippen molar-refractivity contribution in [1.29, 1.82) is 0 Å². The molecule has 13 heteroatoms. The van der Waals surface area contributed by atoms with Crippen molar-refractivity contribution in [3.8, 4) is 0 Å². The van der Waals surface area contributed by atoms with Crippen molar-refractivity contribution in [2.45, 2.75) is 11.1 Å². The third-order valence-electron chi connectivity index (χ3n) is 5.04. The number of nitrogens with zero attached hydrogens (tertiary/aromatic N) is 4. The maximum Gasteiger partial charge on any atom is 0.416 e. The number of hydrogen-bond acceptors (Lipinski definition) is 7. The van der Waals surface area contributed by atoms with Gasteiger partial charge >= 0.3 is 6.18 Å². The van der Waals surface area contributed by atoms with Crippen LogP contribution in [0.5, 0.6) is 0 Å². The third kappa shape index (κ3) is 4.77. The lowest BCUT2D eigenvalue weighted by atomic mass is 10.1. The predicted octanol–water partition coefficient (Wildman–Crippen LogP) is 4.21. The van der Waals surface area contributed by atoms with E-state index in [9.17, 15) is 38.2 Å². The summed E-state index contributed by atoms with van der Waals surface area (Å²) in [5, 5.41) is 22.7. The van der Waals surface area contributed by atoms with Crippen molar-refractivity contribution < 1.29 is 27.8 Å². The molecule has 0 spiro atoms. The summed E-state index contributed by atoms with van der Waals surface area (Å²) in [4.78, 5) is 37.7. The number of thioether (sulfide) groups is 1. The molecule has 1 aliphatic rings. The molecule has 0 N–H and O–H groups in total. The number of piperazine rings is 1. The van der Waals surface area contributed by atoms with E-state index in [1.54, 1.807) is 12.3 Å². The second-order valence-corrected chi connectivity index (χ2v) is 7.76. The molecule has 0 bridgehead atoms. The van der Waals surface area contributed by atoms with Crippen molar-refractivity contribution in [2.75, 3.05) is 37.3 Å². The number of nitro benzene ring substituents is 2. The van der Waals surface area contributed by atoms with Gasteiger partial charge in [0.1, 0.15) is 11.3 Å². The number of carbonyl (C=O) groups is 1. The van der Waals surface area contributed by atoms with Gasteiger partial charge in [0.05, 0.1) is 15.4 Å². The Bertz CT molecular complexity index is 1070. The zero-order chi connectivity index (χ0) is 23.6. The second kappa shape index (κ2) is 9.02. The Labute approximate surface area is 184 Å². The summed E-state index contributed by atoms with van der Waals surface area (Å²) in [5.74, 6) is -0.547. The number of halogens is 3. The fourth-order valence-corrected chi connectivity index (χ4v) is 3.85.